The van der Waals surface area contributed by atoms with Crippen molar-refractivity contribution in [2.75, 3.05) is 6.61 Å². The van der Waals surface area contributed by atoms with Crippen LogP contribution in [-0.4, -0.2) is 28.4 Å². The number of rotatable bonds is 7. The molecule has 8 heteroatoms. The number of ketones is 1. The molecule has 0 saturated carbocycles. The van der Waals surface area contributed by atoms with Crippen LogP contribution in [0.1, 0.15) is 21.5 Å². The Bertz CT molecular complexity index is 907. The average Bonchev–Trinajstić information content (AvgIpc) is 2.58. The van der Waals surface area contributed by atoms with Gasteiger partial charge in [-0.05, 0) is 48.4 Å². The maximum absolute atomic E-state index is 13.1. The number of hydrogen-bond acceptors (Lipinski definition) is 5. The van der Waals surface area contributed by atoms with Gasteiger partial charge >= 0.3 is 11.7 Å². The molecule has 0 radical (unpaired) electrons. The van der Waals surface area contributed by atoms with E-state index in [2.05, 4.69) is 0 Å². The number of nitrogens with zero attached hydrogens (tertiary/aromatic N) is 1. The molecular weight excluding hydrogens is 345 g/mol. The van der Waals surface area contributed by atoms with E-state index in [0.717, 1.165) is 0 Å². The second kappa shape index (κ2) is 8.02. The van der Waals surface area contributed by atoms with Gasteiger partial charge in [0, 0.05) is 11.6 Å². The fourth-order valence-electron chi connectivity index (χ4n) is 2.21. The van der Waals surface area contributed by atoms with Crippen LogP contribution in [0.15, 0.2) is 42.5 Å². The zero-order chi connectivity index (χ0) is 19.3. The second-order valence-corrected chi connectivity index (χ2v) is 5.32. The molecule has 2 aromatic carbocycles. The Morgan fingerprint density at radius 3 is 2.62 bits per heavy atom. The molecule has 0 amide bonds. The van der Waals surface area contributed by atoms with Gasteiger partial charge in [-0.3, -0.25) is 14.9 Å². The second-order valence-electron chi connectivity index (χ2n) is 5.32. The van der Waals surface area contributed by atoms with E-state index in [0.29, 0.717) is 16.7 Å². The first kappa shape index (κ1) is 18.8. The first-order valence-electron chi connectivity index (χ1n) is 7.39. The quantitative estimate of drug-likeness (QED) is 0.351. The van der Waals surface area contributed by atoms with Crippen LogP contribution in [0.5, 0.6) is 5.75 Å². The van der Waals surface area contributed by atoms with Gasteiger partial charge in [-0.25, -0.2) is 9.18 Å². The summed E-state index contributed by atoms with van der Waals surface area (Å²) in [5, 5.41) is 19.7. The number of carboxylic acid groups (broad SMARTS) is 1. The normalized spacial score (nSPS) is 10.7. The predicted octanol–water partition coefficient (Wildman–Crippen LogP) is 3.40. The van der Waals surface area contributed by atoms with Crippen LogP contribution >= 0.6 is 0 Å². The number of carbonyl (C=O) groups is 2. The van der Waals surface area contributed by atoms with E-state index < -0.39 is 29.0 Å². The molecule has 0 bridgehead atoms. The summed E-state index contributed by atoms with van der Waals surface area (Å²) in [5.41, 5.74) is 0.730. The molecule has 0 fully saturated rings. The van der Waals surface area contributed by atoms with Crippen LogP contribution in [-0.2, 0) is 4.79 Å². The van der Waals surface area contributed by atoms with Gasteiger partial charge in [-0.15, -0.1) is 0 Å². The van der Waals surface area contributed by atoms with Crippen LogP contribution in [0.4, 0.5) is 10.1 Å². The van der Waals surface area contributed by atoms with Crippen molar-refractivity contribution in [3.8, 4) is 5.75 Å². The van der Waals surface area contributed by atoms with Crippen LogP contribution < -0.4 is 4.74 Å². The highest BCUT2D eigenvalue weighted by molar-refractivity contribution is 6.07. The standard InChI is InChI=1S/C18H14FNO6/c1-11-8-13(19)4-5-14(11)16(21)6-2-12-3-7-17(26-10-18(22)23)15(9-12)20(24)25/h2-9H,10H2,1H3,(H,22,23). The molecule has 0 spiro atoms. The van der Waals surface area contributed by atoms with Gasteiger partial charge in [0.15, 0.2) is 18.1 Å². The van der Waals surface area contributed by atoms with E-state index in [-0.39, 0.29) is 11.5 Å². The Hall–Kier alpha value is -3.55. The van der Waals surface area contributed by atoms with Crippen molar-refractivity contribution in [3.05, 3.63) is 75.1 Å². The van der Waals surface area contributed by atoms with Crippen LogP contribution in [0.3, 0.4) is 0 Å². The number of hydrogen-bond donors (Lipinski definition) is 1. The van der Waals surface area contributed by atoms with Crippen molar-refractivity contribution in [2.24, 2.45) is 0 Å². The summed E-state index contributed by atoms with van der Waals surface area (Å²) in [6.07, 6.45) is 2.59. The molecule has 7 nitrogen and oxygen atoms in total. The number of aliphatic carboxylic acids is 1. The minimum absolute atomic E-state index is 0.185. The topological polar surface area (TPSA) is 107 Å². The van der Waals surface area contributed by atoms with Crippen LogP contribution in [0, 0.1) is 22.9 Å². The molecule has 0 atom stereocenters. The van der Waals surface area contributed by atoms with E-state index in [1.54, 1.807) is 6.92 Å². The molecule has 134 valence electrons. The van der Waals surface area contributed by atoms with Gasteiger partial charge in [-0.1, -0.05) is 12.1 Å². The highest BCUT2D eigenvalue weighted by Gasteiger charge is 2.16. The smallest absolute Gasteiger partial charge is 0.341 e. The lowest BCUT2D eigenvalue weighted by Gasteiger charge is -2.05. The number of ether oxygens (including phenoxy) is 1. The Balaban J connectivity index is 2.24. The van der Waals surface area contributed by atoms with Gasteiger partial charge in [0.25, 0.3) is 0 Å². The third-order valence-electron chi connectivity index (χ3n) is 3.41. The molecule has 2 aromatic rings. The summed E-state index contributed by atoms with van der Waals surface area (Å²) in [6.45, 7) is 0.891. The van der Waals surface area contributed by atoms with E-state index >= 15 is 0 Å². The third kappa shape index (κ3) is 4.73. The number of carbonyl (C=O) groups excluding carboxylic acids is 1. The summed E-state index contributed by atoms with van der Waals surface area (Å²) in [5.74, 6) is -2.27. The maximum Gasteiger partial charge on any atom is 0.341 e. The van der Waals surface area contributed by atoms with Crippen LogP contribution in [0.25, 0.3) is 6.08 Å². The van der Waals surface area contributed by atoms with Gasteiger partial charge in [-0.2, -0.15) is 0 Å². The van der Waals surface area contributed by atoms with Crippen molar-refractivity contribution in [3.63, 3.8) is 0 Å². The molecule has 0 aliphatic carbocycles. The first-order chi connectivity index (χ1) is 12.3. The minimum atomic E-state index is -1.26. The average molecular weight is 359 g/mol. The number of halogens is 1. The van der Waals surface area contributed by atoms with Crippen molar-refractivity contribution in [2.45, 2.75) is 6.92 Å². The van der Waals surface area contributed by atoms with Gasteiger partial charge < -0.3 is 9.84 Å². The summed E-state index contributed by atoms with van der Waals surface area (Å²) in [7, 11) is 0. The Morgan fingerprint density at radius 2 is 2.00 bits per heavy atom. The summed E-state index contributed by atoms with van der Waals surface area (Å²) in [6, 6.07) is 7.65. The summed E-state index contributed by atoms with van der Waals surface area (Å²) in [4.78, 5) is 33.1. The molecule has 0 saturated heterocycles. The van der Waals surface area contributed by atoms with E-state index in [1.165, 1.54) is 48.6 Å². The van der Waals surface area contributed by atoms with E-state index in [1.807, 2.05) is 0 Å². The first-order valence-corrected chi connectivity index (χ1v) is 7.39. The van der Waals surface area contributed by atoms with Crippen molar-refractivity contribution >= 4 is 23.5 Å². The largest absolute Gasteiger partial charge is 0.479 e. The lowest BCUT2D eigenvalue weighted by atomic mass is 10.0. The third-order valence-corrected chi connectivity index (χ3v) is 3.41. The van der Waals surface area contributed by atoms with Crippen molar-refractivity contribution < 1.29 is 28.7 Å². The maximum atomic E-state index is 13.1. The molecule has 1 N–H and O–H groups in total. The molecular formula is C18H14FNO6. The lowest BCUT2D eigenvalue weighted by Crippen LogP contribution is -2.10. The number of aryl methyl sites for hydroxylation is 1. The molecule has 0 unspecified atom stereocenters. The zero-order valence-corrected chi connectivity index (χ0v) is 13.6. The number of allylic oxidation sites excluding steroid dienone is 1. The summed E-state index contributed by atoms with van der Waals surface area (Å²) < 4.78 is 18.0. The molecule has 0 aromatic heterocycles. The Morgan fingerprint density at radius 1 is 1.27 bits per heavy atom. The van der Waals surface area contributed by atoms with E-state index in [9.17, 15) is 24.1 Å². The lowest BCUT2D eigenvalue weighted by molar-refractivity contribution is -0.385. The molecule has 26 heavy (non-hydrogen) atoms. The zero-order valence-electron chi connectivity index (χ0n) is 13.6. The highest BCUT2D eigenvalue weighted by Crippen LogP contribution is 2.28. The van der Waals surface area contributed by atoms with Gasteiger partial charge in [0.05, 0.1) is 4.92 Å². The predicted molar refractivity (Wildman–Crippen MR) is 90.7 cm³/mol. The minimum Gasteiger partial charge on any atom is -0.479 e. The Kier molecular flexibility index (Phi) is 5.79. The van der Waals surface area contributed by atoms with E-state index in [4.69, 9.17) is 9.84 Å². The van der Waals surface area contributed by atoms with Crippen molar-refractivity contribution in [1.82, 2.24) is 0 Å². The fraction of sp³-hybridized carbons (Fsp3) is 0.111. The Labute approximate surface area is 147 Å². The van der Waals surface area contributed by atoms with Crippen LogP contribution in [0.2, 0.25) is 0 Å². The molecule has 0 aliphatic heterocycles. The number of benzene rings is 2. The SMILES string of the molecule is Cc1cc(F)ccc1C(=O)C=Cc1ccc(OCC(=O)O)c([N+](=O)[O-])c1. The van der Waals surface area contributed by atoms with Gasteiger partial charge in [0.1, 0.15) is 5.82 Å². The fourth-order valence-corrected chi connectivity index (χ4v) is 2.21. The molecule has 2 rings (SSSR count). The molecule has 0 heterocycles. The van der Waals surface area contributed by atoms with Crippen molar-refractivity contribution in [1.29, 1.82) is 0 Å². The highest BCUT2D eigenvalue weighted by atomic mass is 19.1. The molecule has 0 aliphatic rings. The number of carboxylic acids is 1. The number of nitro benzene ring substituents is 1. The monoisotopic (exact) mass is 359 g/mol. The van der Waals surface area contributed by atoms with Gasteiger partial charge in [0.2, 0.25) is 0 Å². The number of nitro groups is 1. The summed E-state index contributed by atoms with van der Waals surface area (Å²) >= 11 is 0.